The van der Waals surface area contributed by atoms with Crippen molar-refractivity contribution >= 4 is 11.8 Å². The maximum atomic E-state index is 12.6. The molecule has 4 rings (SSSR count). The summed E-state index contributed by atoms with van der Waals surface area (Å²) in [4.78, 5) is 29.2. The van der Waals surface area contributed by atoms with Gasteiger partial charge in [-0.3, -0.25) is 14.5 Å². The minimum Gasteiger partial charge on any atom is -0.343 e. The topological polar surface area (TPSA) is 52.7 Å². The molecule has 5 heteroatoms. The number of likely N-dealkylation sites (tertiary alicyclic amines) is 1. The van der Waals surface area contributed by atoms with Crippen LogP contribution in [0.3, 0.4) is 0 Å². The molecule has 2 aliphatic heterocycles. The first-order valence-electron chi connectivity index (χ1n) is 9.05. The summed E-state index contributed by atoms with van der Waals surface area (Å²) in [6.07, 6.45) is 3.97. The number of carbonyl (C=O) groups excluding carboxylic acids is 2. The van der Waals surface area contributed by atoms with Crippen molar-refractivity contribution in [3.63, 3.8) is 0 Å². The Hall–Kier alpha value is -1.88. The molecule has 1 aromatic rings. The summed E-state index contributed by atoms with van der Waals surface area (Å²) < 4.78 is 0. The molecule has 5 nitrogen and oxygen atoms in total. The molecular formula is C19H25N3O2. The number of carbonyl (C=O) groups is 2. The Bertz CT molecular complexity index is 656. The molecule has 1 aliphatic carbocycles. The molecular weight excluding hydrogens is 302 g/mol. The van der Waals surface area contributed by atoms with Crippen molar-refractivity contribution in [1.82, 2.24) is 15.1 Å². The van der Waals surface area contributed by atoms with E-state index in [1.54, 1.807) is 0 Å². The molecule has 0 aromatic heterocycles. The summed E-state index contributed by atoms with van der Waals surface area (Å²) in [6.45, 7) is 4.43. The van der Waals surface area contributed by atoms with Crippen molar-refractivity contribution in [3.8, 4) is 0 Å². The first kappa shape index (κ1) is 15.6. The lowest BCUT2D eigenvalue weighted by atomic mass is 9.98. The molecule has 1 N–H and O–H groups in total. The van der Waals surface area contributed by atoms with Gasteiger partial charge in [0, 0.05) is 25.7 Å². The van der Waals surface area contributed by atoms with Crippen LogP contribution >= 0.6 is 0 Å². The van der Waals surface area contributed by atoms with Crippen molar-refractivity contribution in [1.29, 1.82) is 0 Å². The van der Waals surface area contributed by atoms with Gasteiger partial charge in [0.05, 0.1) is 6.04 Å². The van der Waals surface area contributed by atoms with E-state index < -0.39 is 0 Å². The maximum Gasteiger partial charge on any atom is 0.245 e. The molecule has 1 aromatic carbocycles. The minimum absolute atomic E-state index is 0.0228. The van der Waals surface area contributed by atoms with Crippen LogP contribution in [0.5, 0.6) is 0 Å². The summed E-state index contributed by atoms with van der Waals surface area (Å²) in [5.74, 6) is 0.0902. The van der Waals surface area contributed by atoms with E-state index in [1.165, 1.54) is 11.1 Å². The largest absolute Gasteiger partial charge is 0.343 e. The predicted molar refractivity (Wildman–Crippen MR) is 91.3 cm³/mol. The number of nitrogens with zero attached hydrogens (tertiary/aromatic N) is 2. The molecule has 1 saturated carbocycles. The van der Waals surface area contributed by atoms with Crippen LogP contribution in [0.25, 0.3) is 0 Å². The number of fused-ring (bicyclic) bond motifs is 1. The van der Waals surface area contributed by atoms with E-state index in [2.05, 4.69) is 34.5 Å². The molecule has 2 atom stereocenters. The van der Waals surface area contributed by atoms with Gasteiger partial charge in [-0.1, -0.05) is 24.3 Å². The second-order valence-corrected chi connectivity index (χ2v) is 7.28. The fraction of sp³-hybridized carbons (Fsp3) is 0.579. The van der Waals surface area contributed by atoms with Gasteiger partial charge in [-0.05, 0) is 43.7 Å². The normalized spacial score (nSPS) is 25.5. The standard InChI is InChI=1S/C19H25N3O2/c1-13(21-10-8-14-4-2-3-5-15(14)12-21)18(23)20-17-9-11-22(19(17)24)16-6-7-16/h2-5,13,16-17H,6-12H2,1H3,(H,20,23)/t13-,17+/m0/s1. The van der Waals surface area contributed by atoms with Gasteiger partial charge < -0.3 is 10.2 Å². The molecule has 0 radical (unpaired) electrons. The van der Waals surface area contributed by atoms with Crippen molar-refractivity contribution in [2.24, 2.45) is 0 Å². The molecule has 2 heterocycles. The summed E-state index contributed by atoms with van der Waals surface area (Å²) in [5, 5.41) is 2.99. The van der Waals surface area contributed by atoms with Gasteiger partial charge >= 0.3 is 0 Å². The van der Waals surface area contributed by atoms with Crippen molar-refractivity contribution in [3.05, 3.63) is 35.4 Å². The second kappa shape index (κ2) is 6.20. The van der Waals surface area contributed by atoms with Crippen LogP contribution in [0.4, 0.5) is 0 Å². The Balaban J connectivity index is 1.36. The van der Waals surface area contributed by atoms with E-state index in [0.717, 1.165) is 45.3 Å². The quantitative estimate of drug-likeness (QED) is 0.907. The predicted octanol–water partition coefficient (Wildman–Crippen LogP) is 1.31. The van der Waals surface area contributed by atoms with Gasteiger partial charge in [0.2, 0.25) is 11.8 Å². The van der Waals surface area contributed by atoms with E-state index in [4.69, 9.17) is 0 Å². The molecule has 2 fully saturated rings. The monoisotopic (exact) mass is 327 g/mol. The van der Waals surface area contributed by atoms with Gasteiger partial charge in [0.1, 0.15) is 6.04 Å². The molecule has 128 valence electrons. The van der Waals surface area contributed by atoms with Crippen molar-refractivity contribution < 1.29 is 9.59 Å². The van der Waals surface area contributed by atoms with Crippen LogP contribution in [-0.2, 0) is 22.6 Å². The molecule has 1 saturated heterocycles. The zero-order valence-electron chi connectivity index (χ0n) is 14.2. The Morgan fingerprint density at radius 3 is 2.67 bits per heavy atom. The molecule has 24 heavy (non-hydrogen) atoms. The van der Waals surface area contributed by atoms with Crippen LogP contribution in [0, 0.1) is 0 Å². The van der Waals surface area contributed by atoms with Gasteiger partial charge in [0.15, 0.2) is 0 Å². The number of rotatable bonds is 4. The van der Waals surface area contributed by atoms with E-state index >= 15 is 0 Å². The third-order valence-corrected chi connectivity index (χ3v) is 5.63. The van der Waals surface area contributed by atoms with Gasteiger partial charge in [-0.2, -0.15) is 0 Å². The highest BCUT2D eigenvalue weighted by atomic mass is 16.2. The highest BCUT2D eigenvalue weighted by molar-refractivity contribution is 5.91. The average molecular weight is 327 g/mol. The highest BCUT2D eigenvalue weighted by Crippen LogP contribution is 2.30. The van der Waals surface area contributed by atoms with Crippen LogP contribution in [0.15, 0.2) is 24.3 Å². The summed E-state index contributed by atoms with van der Waals surface area (Å²) in [7, 11) is 0. The summed E-state index contributed by atoms with van der Waals surface area (Å²) in [5.41, 5.74) is 2.69. The Morgan fingerprint density at radius 2 is 1.92 bits per heavy atom. The van der Waals surface area contributed by atoms with Gasteiger partial charge in [-0.25, -0.2) is 0 Å². The molecule has 0 spiro atoms. The van der Waals surface area contributed by atoms with E-state index in [9.17, 15) is 9.59 Å². The fourth-order valence-electron chi connectivity index (χ4n) is 3.89. The molecule has 3 aliphatic rings. The smallest absolute Gasteiger partial charge is 0.245 e. The second-order valence-electron chi connectivity index (χ2n) is 7.28. The van der Waals surface area contributed by atoms with Gasteiger partial charge in [-0.15, -0.1) is 0 Å². The van der Waals surface area contributed by atoms with E-state index in [-0.39, 0.29) is 23.9 Å². The summed E-state index contributed by atoms with van der Waals surface area (Å²) >= 11 is 0. The van der Waals surface area contributed by atoms with Crippen molar-refractivity contribution in [2.75, 3.05) is 13.1 Å². The van der Waals surface area contributed by atoms with Crippen LogP contribution < -0.4 is 5.32 Å². The number of hydrogen-bond acceptors (Lipinski definition) is 3. The van der Waals surface area contributed by atoms with Crippen LogP contribution in [0.2, 0.25) is 0 Å². The number of amides is 2. The zero-order chi connectivity index (χ0) is 16.7. The third-order valence-electron chi connectivity index (χ3n) is 5.63. The lowest BCUT2D eigenvalue weighted by Gasteiger charge is -2.33. The lowest BCUT2D eigenvalue weighted by molar-refractivity contribution is -0.134. The minimum atomic E-state index is -0.322. The molecule has 2 amide bonds. The number of nitrogens with one attached hydrogen (secondary N) is 1. The Morgan fingerprint density at radius 1 is 1.17 bits per heavy atom. The number of hydrogen-bond donors (Lipinski definition) is 1. The lowest BCUT2D eigenvalue weighted by Crippen LogP contribution is -2.51. The summed E-state index contributed by atoms with van der Waals surface area (Å²) in [6, 6.07) is 8.34. The average Bonchev–Trinajstić information content (AvgIpc) is 3.39. The van der Waals surface area contributed by atoms with Crippen LogP contribution in [0.1, 0.15) is 37.3 Å². The van der Waals surface area contributed by atoms with Crippen molar-refractivity contribution in [2.45, 2.75) is 57.3 Å². The van der Waals surface area contributed by atoms with E-state index in [1.807, 2.05) is 11.8 Å². The first-order chi connectivity index (χ1) is 11.6. The molecule has 0 bridgehead atoms. The van der Waals surface area contributed by atoms with Gasteiger partial charge in [0.25, 0.3) is 0 Å². The van der Waals surface area contributed by atoms with E-state index in [0.29, 0.717) is 6.04 Å². The molecule has 0 unspecified atom stereocenters. The first-order valence-corrected chi connectivity index (χ1v) is 9.05. The Labute approximate surface area is 143 Å². The third kappa shape index (κ3) is 2.93. The zero-order valence-corrected chi connectivity index (χ0v) is 14.2. The SMILES string of the molecule is C[C@@H](C(=O)N[C@@H]1CCN(C2CC2)C1=O)N1CCc2ccccc2C1. The Kier molecular flexibility index (Phi) is 4.04. The van der Waals surface area contributed by atoms with Crippen LogP contribution in [-0.4, -0.2) is 52.8 Å². The number of benzene rings is 1. The fourth-order valence-corrected chi connectivity index (χ4v) is 3.89. The highest BCUT2D eigenvalue weighted by Gasteiger charge is 2.41. The maximum absolute atomic E-state index is 12.6.